The summed E-state index contributed by atoms with van der Waals surface area (Å²) in [5.74, 6) is 1.98. The van der Waals surface area contributed by atoms with Crippen molar-refractivity contribution in [3.05, 3.63) is 59.7 Å². The van der Waals surface area contributed by atoms with Crippen molar-refractivity contribution in [1.82, 2.24) is 14.7 Å². The third kappa shape index (κ3) is 5.43. The van der Waals surface area contributed by atoms with Gasteiger partial charge < -0.3 is 19.3 Å². The number of nitrogens with zero attached hydrogens (tertiary/aromatic N) is 3. The van der Waals surface area contributed by atoms with Crippen molar-refractivity contribution >= 4 is 5.91 Å². The molecule has 2 aromatic rings. The fourth-order valence-corrected chi connectivity index (χ4v) is 4.90. The van der Waals surface area contributed by atoms with E-state index >= 15 is 0 Å². The van der Waals surface area contributed by atoms with E-state index in [1.54, 1.807) is 7.11 Å². The van der Waals surface area contributed by atoms with E-state index in [9.17, 15) is 4.79 Å². The number of hydrogen-bond acceptors (Lipinski definition) is 5. The molecule has 6 heteroatoms. The number of likely N-dealkylation sites (N-methyl/N-ethyl adjacent to an activating group) is 1. The maximum absolute atomic E-state index is 13.2. The van der Waals surface area contributed by atoms with Crippen molar-refractivity contribution in [2.45, 2.75) is 37.9 Å². The second-order valence-electron chi connectivity index (χ2n) is 9.18. The Morgan fingerprint density at radius 1 is 1.16 bits per heavy atom. The first-order chi connectivity index (χ1) is 15.5. The van der Waals surface area contributed by atoms with E-state index in [0.29, 0.717) is 13.0 Å². The molecule has 0 aliphatic carbocycles. The van der Waals surface area contributed by atoms with Crippen LogP contribution < -0.4 is 9.47 Å². The lowest BCUT2D eigenvalue weighted by atomic mass is 10.1. The molecule has 1 fully saturated rings. The Hall–Kier alpha value is -2.57. The molecular weight excluding hydrogens is 402 g/mol. The van der Waals surface area contributed by atoms with Crippen LogP contribution in [-0.4, -0.2) is 80.1 Å². The van der Waals surface area contributed by atoms with Crippen molar-refractivity contribution in [3.8, 4) is 11.5 Å². The molecule has 0 spiro atoms. The summed E-state index contributed by atoms with van der Waals surface area (Å²) in [6.45, 7) is 4.16. The minimum atomic E-state index is 0.205. The van der Waals surface area contributed by atoms with E-state index in [4.69, 9.17) is 9.47 Å². The van der Waals surface area contributed by atoms with E-state index in [0.717, 1.165) is 56.1 Å². The van der Waals surface area contributed by atoms with E-state index in [1.165, 1.54) is 5.56 Å². The van der Waals surface area contributed by atoms with E-state index < -0.39 is 0 Å². The van der Waals surface area contributed by atoms with Gasteiger partial charge in [-0.15, -0.1) is 0 Å². The lowest BCUT2D eigenvalue weighted by Crippen LogP contribution is -2.50. The Labute approximate surface area is 191 Å². The number of amides is 1. The van der Waals surface area contributed by atoms with Gasteiger partial charge in [0.25, 0.3) is 0 Å². The summed E-state index contributed by atoms with van der Waals surface area (Å²) in [5, 5.41) is 0. The highest BCUT2D eigenvalue weighted by molar-refractivity contribution is 5.79. The van der Waals surface area contributed by atoms with Crippen LogP contribution in [0.3, 0.4) is 0 Å². The molecule has 32 heavy (non-hydrogen) atoms. The third-order valence-corrected chi connectivity index (χ3v) is 6.50. The molecule has 2 aliphatic heterocycles. The molecular formula is C26H35N3O3. The van der Waals surface area contributed by atoms with Crippen molar-refractivity contribution in [2.24, 2.45) is 0 Å². The van der Waals surface area contributed by atoms with Gasteiger partial charge in [-0.1, -0.05) is 30.3 Å². The van der Waals surface area contributed by atoms with Crippen molar-refractivity contribution in [1.29, 1.82) is 0 Å². The first-order valence-corrected chi connectivity index (χ1v) is 11.6. The number of hydrogen-bond donors (Lipinski definition) is 0. The fourth-order valence-electron chi connectivity index (χ4n) is 4.90. The second-order valence-corrected chi connectivity index (χ2v) is 9.18. The molecule has 0 radical (unpaired) electrons. The van der Waals surface area contributed by atoms with Crippen LogP contribution in [0.25, 0.3) is 0 Å². The van der Waals surface area contributed by atoms with E-state index in [-0.39, 0.29) is 18.0 Å². The molecule has 2 heterocycles. The topological polar surface area (TPSA) is 45.3 Å². The molecule has 1 saturated heterocycles. The summed E-state index contributed by atoms with van der Waals surface area (Å²) < 4.78 is 11.5. The monoisotopic (exact) mass is 437 g/mol. The van der Waals surface area contributed by atoms with Gasteiger partial charge in [-0.2, -0.15) is 0 Å². The fraction of sp³-hybridized carbons (Fsp3) is 0.500. The zero-order valence-corrected chi connectivity index (χ0v) is 19.5. The van der Waals surface area contributed by atoms with E-state index in [2.05, 4.69) is 47.0 Å². The summed E-state index contributed by atoms with van der Waals surface area (Å²) in [7, 11) is 5.87. The SMILES string of the molecule is COc1cccc(CC(=O)N2CCC[C@H]2CN2Cc3ccccc3OC[C@@H]2CN(C)C)c1. The Morgan fingerprint density at radius 3 is 2.81 bits per heavy atom. The Morgan fingerprint density at radius 2 is 2.00 bits per heavy atom. The molecule has 2 aromatic carbocycles. The van der Waals surface area contributed by atoms with E-state index in [1.807, 2.05) is 30.3 Å². The predicted octanol–water partition coefficient (Wildman–Crippen LogP) is 3.05. The quantitative estimate of drug-likeness (QED) is 0.666. The third-order valence-electron chi connectivity index (χ3n) is 6.50. The number of methoxy groups -OCH3 is 1. The van der Waals surface area contributed by atoms with Gasteiger partial charge in [0.2, 0.25) is 5.91 Å². The van der Waals surface area contributed by atoms with Gasteiger partial charge in [-0.05, 0) is 50.7 Å². The van der Waals surface area contributed by atoms with Crippen molar-refractivity contribution in [3.63, 3.8) is 0 Å². The molecule has 6 nitrogen and oxygen atoms in total. The highest BCUT2D eigenvalue weighted by Gasteiger charge is 2.33. The zero-order valence-electron chi connectivity index (χ0n) is 19.5. The minimum absolute atomic E-state index is 0.205. The van der Waals surface area contributed by atoms with Crippen LogP contribution in [0.15, 0.2) is 48.5 Å². The molecule has 0 bridgehead atoms. The number of carbonyl (C=O) groups is 1. The normalized spacial score (nSPS) is 21.2. The minimum Gasteiger partial charge on any atom is -0.497 e. The Bertz CT molecular complexity index is 917. The number of fused-ring (bicyclic) bond motifs is 1. The van der Waals surface area contributed by atoms with Gasteiger partial charge in [-0.25, -0.2) is 0 Å². The molecule has 0 saturated carbocycles. The van der Waals surface area contributed by atoms with Gasteiger partial charge in [0.05, 0.1) is 19.6 Å². The summed E-state index contributed by atoms with van der Waals surface area (Å²) in [6.07, 6.45) is 2.53. The van der Waals surface area contributed by atoms with Gasteiger partial charge in [0, 0.05) is 37.8 Å². The number of carbonyl (C=O) groups excluding carboxylic acids is 1. The molecule has 4 rings (SSSR count). The maximum Gasteiger partial charge on any atom is 0.227 e. The number of rotatable bonds is 7. The average Bonchev–Trinajstić information content (AvgIpc) is 3.18. The summed E-state index contributed by atoms with van der Waals surface area (Å²) in [4.78, 5) is 20.1. The molecule has 0 unspecified atom stereocenters. The molecule has 172 valence electrons. The molecule has 0 N–H and O–H groups in total. The predicted molar refractivity (Wildman–Crippen MR) is 126 cm³/mol. The van der Waals surface area contributed by atoms with Gasteiger partial charge >= 0.3 is 0 Å². The van der Waals surface area contributed by atoms with Crippen LogP contribution >= 0.6 is 0 Å². The van der Waals surface area contributed by atoms with Crippen LogP contribution in [0.1, 0.15) is 24.0 Å². The molecule has 1 amide bonds. The number of ether oxygens (including phenoxy) is 2. The highest BCUT2D eigenvalue weighted by atomic mass is 16.5. The van der Waals surface area contributed by atoms with Gasteiger partial charge in [0.1, 0.15) is 18.1 Å². The Kier molecular flexibility index (Phi) is 7.33. The van der Waals surface area contributed by atoms with Crippen LogP contribution in [-0.2, 0) is 17.8 Å². The number of likely N-dealkylation sites (tertiary alicyclic amines) is 1. The largest absolute Gasteiger partial charge is 0.497 e. The smallest absolute Gasteiger partial charge is 0.227 e. The van der Waals surface area contributed by atoms with Gasteiger partial charge in [0.15, 0.2) is 0 Å². The van der Waals surface area contributed by atoms with Crippen LogP contribution in [0.5, 0.6) is 11.5 Å². The standard InChI is InChI=1S/C26H35N3O3/c1-27(2)17-23-19-32-25-12-5-4-9-21(25)16-28(23)18-22-10-7-13-29(22)26(30)15-20-8-6-11-24(14-20)31-3/h4-6,8-9,11-12,14,22-23H,7,10,13,15-19H2,1-3H3/t22-,23-/m0/s1. The number of benzene rings is 2. The zero-order chi connectivity index (χ0) is 22.5. The van der Waals surface area contributed by atoms with Crippen molar-refractivity contribution in [2.75, 3.05) is 47.4 Å². The summed E-state index contributed by atoms with van der Waals surface area (Å²) in [6, 6.07) is 16.7. The highest BCUT2D eigenvalue weighted by Crippen LogP contribution is 2.28. The second kappa shape index (κ2) is 10.4. The average molecular weight is 438 g/mol. The summed E-state index contributed by atoms with van der Waals surface area (Å²) >= 11 is 0. The Balaban J connectivity index is 1.47. The maximum atomic E-state index is 13.2. The van der Waals surface area contributed by atoms with Crippen LogP contribution in [0.4, 0.5) is 0 Å². The first-order valence-electron chi connectivity index (χ1n) is 11.6. The first kappa shape index (κ1) is 22.6. The van der Waals surface area contributed by atoms with Crippen LogP contribution in [0.2, 0.25) is 0 Å². The lowest BCUT2D eigenvalue weighted by molar-refractivity contribution is -0.131. The van der Waals surface area contributed by atoms with Crippen molar-refractivity contribution < 1.29 is 14.3 Å². The molecule has 2 atom stereocenters. The molecule has 2 aliphatic rings. The van der Waals surface area contributed by atoms with Gasteiger partial charge in [-0.3, -0.25) is 9.69 Å². The lowest BCUT2D eigenvalue weighted by Gasteiger charge is -2.35. The number of para-hydroxylation sites is 1. The summed E-state index contributed by atoms with van der Waals surface area (Å²) in [5.41, 5.74) is 2.23. The molecule has 0 aromatic heterocycles. The van der Waals surface area contributed by atoms with Crippen LogP contribution in [0, 0.1) is 0 Å².